The third kappa shape index (κ3) is 9.62. The number of piperidine rings is 1. The van der Waals surface area contributed by atoms with Crippen LogP contribution >= 0.6 is 0 Å². The van der Waals surface area contributed by atoms with E-state index in [4.69, 9.17) is 5.73 Å². The third-order valence-corrected chi connectivity index (χ3v) is 9.60. The Balaban J connectivity index is 1.32. The molecule has 0 radical (unpaired) electrons. The highest BCUT2D eigenvalue weighted by Gasteiger charge is 2.40. The summed E-state index contributed by atoms with van der Waals surface area (Å²) in [5.41, 5.74) is 7.04. The van der Waals surface area contributed by atoms with E-state index in [0.29, 0.717) is 36.7 Å². The van der Waals surface area contributed by atoms with Crippen LogP contribution in [-0.2, 0) is 20.8 Å². The average molecular weight is 655 g/mol. The van der Waals surface area contributed by atoms with Crippen LogP contribution in [0.5, 0.6) is 0 Å². The number of nitrogens with two attached hydrogens (primary N) is 1. The van der Waals surface area contributed by atoms with E-state index < -0.39 is 23.8 Å². The number of primary amides is 1. The van der Waals surface area contributed by atoms with Gasteiger partial charge in [0.1, 0.15) is 11.7 Å². The Morgan fingerprint density at radius 3 is 2.35 bits per heavy atom. The predicted octanol–water partition coefficient (Wildman–Crippen LogP) is 4.12. The van der Waals surface area contributed by atoms with Gasteiger partial charge in [-0.1, -0.05) is 73.9 Å². The molecular weight excluding hydrogens is 604 g/mol. The Hall–Kier alpha value is -4.31. The quantitative estimate of drug-likeness (QED) is 0.231. The fraction of sp³-hybridized carbons (Fsp3) is 0.500. The first-order valence-corrected chi connectivity index (χ1v) is 17.3. The van der Waals surface area contributed by atoms with Crippen molar-refractivity contribution in [2.45, 2.75) is 95.8 Å². The van der Waals surface area contributed by atoms with Crippen LogP contribution < -0.4 is 21.7 Å². The van der Waals surface area contributed by atoms with Gasteiger partial charge in [0.2, 0.25) is 17.7 Å². The first kappa shape index (κ1) is 35.0. The molecule has 0 bridgehead atoms. The Labute approximate surface area is 283 Å². The van der Waals surface area contributed by atoms with Gasteiger partial charge in [-0.3, -0.25) is 24.1 Å². The summed E-state index contributed by atoms with van der Waals surface area (Å²) in [7, 11) is 0. The standard InChI is InChI=1S/C38H50N6O4/c1-38(2,3)43-37(48)33-22-27-14-7-8-15-28(27)24-44(33)20-19-29(21-25-11-5-4-6-12-25)40-36(47)32(23-34(39)45)42-35(46)31-18-17-26-13-9-10-16-30(26)41-31/h4-6,9-13,16-18,27-29,32-33H,7-8,14-15,19-24H2,1-3H3,(H2,39,45)(H,40,47)(H,42,46)(H,43,48)/t27?,28?,29-,32+,33+/m1/s1. The molecule has 1 saturated carbocycles. The van der Waals surface area contributed by atoms with E-state index in [0.717, 1.165) is 23.9 Å². The van der Waals surface area contributed by atoms with Gasteiger partial charge in [-0.15, -0.1) is 0 Å². The zero-order valence-electron chi connectivity index (χ0n) is 28.4. The highest BCUT2D eigenvalue weighted by Crippen LogP contribution is 2.39. The van der Waals surface area contributed by atoms with E-state index in [-0.39, 0.29) is 35.6 Å². The summed E-state index contributed by atoms with van der Waals surface area (Å²) in [4.78, 5) is 59.4. The number of aromatic nitrogens is 1. The van der Waals surface area contributed by atoms with Crippen molar-refractivity contribution in [1.82, 2.24) is 25.8 Å². The molecule has 2 aliphatic rings. The molecule has 10 heteroatoms. The van der Waals surface area contributed by atoms with Crippen LogP contribution in [0.4, 0.5) is 0 Å². The number of nitrogens with zero attached hydrogens (tertiary/aromatic N) is 2. The molecule has 5 N–H and O–H groups in total. The Kier molecular flexibility index (Phi) is 11.5. The number of likely N-dealkylation sites (tertiary alicyclic amines) is 1. The first-order chi connectivity index (χ1) is 22.9. The van der Waals surface area contributed by atoms with E-state index in [2.05, 4.69) is 25.8 Å². The molecule has 2 fully saturated rings. The van der Waals surface area contributed by atoms with Crippen molar-refractivity contribution < 1.29 is 19.2 Å². The van der Waals surface area contributed by atoms with Gasteiger partial charge in [0, 0.05) is 30.1 Å². The van der Waals surface area contributed by atoms with E-state index in [1.54, 1.807) is 12.1 Å². The van der Waals surface area contributed by atoms with Crippen molar-refractivity contribution in [3.8, 4) is 0 Å². The SMILES string of the molecule is CC(C)(C)NC(=O)[C@@H]1CC2CCCCC2CN1CC[C@H](Cc1ccccc1)NC(=O)[C@H](CC(N)=O)NC(=O)c1ccc2ccccc2n1. The number of carbonyl (C=O) groups is 4. The van der Waals surface area contributed by atoms with Crippen LogP contribution in [-0.4, -0.2) is 70.3 Å². The predicted molar refractivity (Wildman–Crippen MR) is 187 cm³/mol. The zero-order valence-corrected chi connectivity index (χ0v) is 28.4. The van der Waals surface area contributed by atoms with Gasteiger partial charge in [-0.2, -0.15) is 0 Å². The average Bonchev–Trinajstić information content (AvgIpc) is 3.05. The highest BCUT2D eigenvalue weighted by atomic mass is 16.2. The van der Waals surface area contributed by atoms with Gasteiger partial charge in [0.25, 0.3) is 5.91 Å². The fourth-order valence-electron chi connectivity index (χ4n) is 7.25. The minimum Gasteiger partial charge on any atom is -0.370 e. The molecule has 1 saturated heterocycles. The maximum atomic E-state index is 13.8. The second-order valence-corrected chi connectivity index (χ2v) is 14.6. The number of pyridine rings is 1. The van der Waals surface area contributed by atoms with Gasteiger partial charge in [-0.25, -0.2) is 4.98 Å². The van der Waals surface area contributed by atoms with Crippen LogP contribution in [0.2, 0.25) is 0 Å². The summed E-state index contributed by atoms with van der Waals surface area (Å²) in [6.45, 7) is 7.49. The smallest absolute Gasteiger partial charge is 0.270 e. The molecule has 1 aromatic heterocycles. The van der Waals surface area contributed by atoms with Crippen LogP contribution in [0.3, 0.4) is 0 Å². The fourth-order valence-corrected chi connectivity index (χ4v) is 7.25. The van der Waals surface area contributed by atoms with E-state index in [9.17, 15) is 19.2 Å². The maximum Gasteiger partial charge on any atom is 0.270 e. The molecule has 2 unspecified atom stereocenters. The largest absolute Gasteiger partial charge is 0.370 e. The third-order valence-electron chi connectivity index (χ3n) is 9.60. The van der Waals surface area contributed by atoms with Gasteiger partial charge in [0.05, 0.1) is 18.0 Å². The summed E-state index contributed by atoms with van der Waals surface area (Å²) in [6, 6.07) is 19.0. The Morgan fingerprint density at radius 1 is 0.917 bits per heavy atom. The lowest BCUT2D eigenvalue weighted by Crippen LogP contribution is -2.58. The number of benzene rings is 2. The number of fused-ring (bicyclic) bond motifs is 2. The highest BCUT2D eigenvalue weighted by molar-refractivity contribution is 5.99. The second-order valence-electron chi connectivity index (χ2n) is 14.6. The van der Waals surface area contributed by atoms with Gasteiger partial charge < -0.3 is 21.7 Å². The summed E-state index contributed by atoms with van der Waals surface area (Å²) in [6.07, 6.45) is 6.43. The molecule has 256 valence electrons. The van der Waals surface area contributed by atoms with E-state index >= 15 is 0 Å². The molecule has 10 nitrogen and oxygen atoms in total. The number of rotatable bonds is 12. The number of amides is 4. The lowest BCUT2D eigenvalue weighted by molar-refractivity contribution is -0.132. The number of hydrogen-bond acceptors (Lipinski definition) is 6. The lowest BCUT2D eigenvalue weighted by Gasteiger charge is -2.46. The summed E-state index contributed by atoms with van der Waals surface area (Å²) in [5, 5.41) is 9.92. The van der Waals surface area contributed by atoms with Gasteiger partial charge in [-0.05, 0) is 76.0 Å². The molecule has 48 heavy (non-hydrogen) atoms. The Bertz CT molecular complexity index is 1590. The molecule has 5 rings (SSSR count). The topological polar surface area (TPSA) is 147 Å². The van der Waals surface area contributed by atoms with Crippen molar-refractivity contribution in [2.75, 3.05) is 13.1 Å². The molecule has 1 aliphatic carbocycles. The van der Waals surface area contributed by atoms with Crippen molar-refractivity contribution in [2.24, 2.45) is 17.6 Å². The monoisotopic (exact) mass is 654 g/mol. The summed E-state index contributed by atoms with van der Waals surface area (Å²) < 4.78 is 0. The molecule has 2 aromatic carbocycles. The first-order valence-electron chi connectivity index (χ1n) is 17.3. The van der Waals surface area contributed by atoms with Crippen molar-refractivity contribution in [3.05, 3.63) is 78.0 Å². The van der Waals surface area contributed by atoms with Crippen LogP contribution in [0.25, 0.3) is 10.9 Å². The maximum absolute atomic E-state index is 13.8. The van der Waals surface area contributed by atoms with Crippen molar-refractivity contribution in [3.63, 3.8) is 0 Å². The summed E-state index contributed by atoms with van der Waals surface area (Å²) in [5.74, 6) is -0.577. The van der Waals surface area contributed by atoms with Crippen molar-refractivity contribution >= 4 is 34.5 Å². The molecule has 1 aliphatic heterocycles. The number of hydrogen-bond donors (Lipinski definition) is 4. The van der Waals surface area contributed by atoms with E-state index in [1.807, 2.05) is 75.4 Å². The Morgan fingerprint density at radius 2 is 1.62 bits per heavy atom. The lowest BCUT2D eigenvalue weighted by atomic mass is 9.72. The van der Waals surface area contributed by atoms with E-state index in [1.165, 1.54) is 25.7 Å². The number of nitrogens with one attached hydrogen (secondary N) is 3. The van der Waals surface area contributed by atoms with Gasteiger partial charge in [0.15, 0.2) is 0 Å². The molecule has 3 aromatic rings. The minimum atomic E-state index is -1.18. The molecule has 4 amide bonds. The summed E-state index contributed by atoms with van der Waals surface area (Å²) >= 11 is 0. The van der Waals surface area contributed by atoms with Crippen LogP contribution in [0.1, 0.15) is 81.8 Å². The van der Waals surface area contributed by atoms with Gasteiger partial charge >= 0.3 is 0 Å². The molecule has 5 atom stereocenters. The number of para-hydroxylation sites is 1. The molecular formula is C38H50N6O4. The minimum absolute atomic E-state index is 0.0571. The van der Waals surface area contributed by atoms with Crippen molar-refractivity contribution in [1.29, 1.82) is 0 Å². The second kappa shape index (κ2) is 15.7. The molecule has 2 heterocycles. The normalized spacial score (nSPS) is 21.0. The zero-order chi connectivity index (χ0) is 34.3. The van der Waals surface area contributed by atoms with Crippen LogP contribution in [0.15, 0.2) is 66.7 Å². The molecule has 0 spiro atoms. The number of carbonyl (C=O) groups excluding carboxylic acids is 4. The van der Waals surface area contributed by atoms with Crippen LogP contribution in [0, 0.1) is 11.8 Å².